The molecular weight excluding hydrogens is 621 g/mol. The molecule has 226 valence electrons. The highest BCUT2D eigenvalue weighted by atomic mass is 32.2. The lowest BCUT2D eigenvalue weighted by molar-refractivity contribution is -0.380. The Kier molecular flexibility index (Phi) is 12.0. The molecule has 43 heavy (non-hydrogen) atoms. The van der Waals surface area contributed by atoms with E-state index in [0.717, 1.165) is 29.3 Å². The molecule has 0 radical (unpaired) electrons. The number of thiazole rings is 1. The molecule has 0 unspecified atom stereocenters. The maximum atomic E-state index is 12.7. The van der Waals surface area contributed by atoms with Crippen LogP contribution in [0.3, 0.4) is 0 Å². The first-order valence-electron chi connectivity index (χ1n) is 12.7. The van der Waals surface area contributed by atoms with E-state index in [1.165, 1.54) is 10.6 Å². The molecule has 18 heteroatoms. The summed E-state index contributed by atoms with van der Waals surface area (Å²) in [6.07, 6.45) is 7.97. The van der Waals surface area contributed by atoms with E-state index in [0.29, 0.717) is 40.0 Å². The average Bonchev–Trinajstić information content (AvgIpc) is 3.60. The van der Waals surface area contributed by atoms with Crippen molar-refractivity contribution >= 4 is 49.9 Å². The lowest BCUT2D eigenvalue weighted by Crippen LogP contribution is -2.38. The fraction of sp³-hybridized carbons (Fsp3) is 0.360. The number of benzene rings is 1. The first-order valence-corrected chi connectivity index (χ1v) is 16.0. The molecule has 0 fully saturated rings. The minimum atomic E-state index is -3.97. The second-order valence-electron chi connectivity index (χ2n) is 8.77. The highest BCUT2D eigenvalue weighted by Gasteiger charge is 2.26. The van der Waals surface area contributed by atoms with Gasteiger partial charge in [0.2, 0.25) is 21.1 Å². The Hall–Kier alpha value is -4.52. The molecule has 0 atom stereocenters. The largest absolute Gasteiger partial charge is 0.352 e. The summed E-state index contributed by atoms with van der Waals surface area (Å²) >= 11 is 1.78. The van der Waals surface area contributed by atoms with E-state index in [1.54, 1.807) is 24.3 Å². The number of terminal acetylenes is 1. The van der Waals surface area contributed by atoms with Gasteiger partial charge in [-0.25, -0.2) is 32.2 Å². The summed E-state index contributed by atoms with van der Waals surface area (Å²) in [6, 6.07) is 7.92. The number of nitrogens with zero attached hydrogens (tertiary/aromatic N) is 6. The van der Waals surface area contributed by atoms with Gasteiger partial charge in [-0.1, -0.05) is 12.5 Å². The Morgan fingerprint density at radius 2 is 2.07 bits per heavy atom. The summed E-state index contributed by atoms with van der Waals surface area (Å²) in [6.45, 7) is -0.323. The van der Waals surface area contributed by atoms with Crippen molar-refractivity contribution in [2.45, 2.75) is 48.0 Å². The average molecular weight is 647 g/mol. The number of hydrogen-bond acceptors (Lipinski definition) is 12. The minimum Gasteiger partial charge on any atom is -0.352 e. The Balaban J connectivity index is 1.53. The van der Waals surface area contributed by atoms with E-state index in [1.807, 2.05) is 0 Å². The molecule has 2 amide bonds. The van der Waals surface area contributed by atoms with Crippen LogP contribution in [-0.4, -0.2) is 68.1 Å². The monoisotopic (exact) mass is 646 g/mol. The number of nitrogens with one attached hydrogen (secondary N) is 2. The van der Waals surface area contributed by atoms with Crippen molar-refractivity contribution in [3.63, 3.8) is 0 Å². The molecule has 0 saturated carbocycles. The summed E-state index contributed by atoms with van der Waals surface area (Å²) in [7, 11) is -3.97. The van der Waals surface area contributed by atoms with Crippen LogP contribution in [0.4, 0.5) is 5.00 Å². The lowest BCUT2D eigenvalue weighted by Gasteiger charge is -2.19. The molecule has 3 aromatic rings. The molecule has 0 aliphatic rings. The Morgan fingerprint density at radius 1 is 1.28 bits per heavy atom. The van der Waals surface area contributed by atoms with Crippen molar-refractivity contribution in [3.05, 3.63) is 56.6 Å². The van der Waals surface area contributed by atoms with E-state index in [2.05, 4.69) is 26.4 Å². The third-order valence-electron chi connectivity index (χ3n) is 5.74. The molecule has 0 spiro atoms. The Morgan fingerprint density at radius 3 is 2.77 bits per heavy atom. The minimum absolute atomic E-state index is 0.0651. The molecule has 0 bridgehead atoms. The number of rotatable bonds is 16. The van der Waals surface area contributed by atoms with E-state index in [9.17, 15) is 32.9 Å². The van der Waals surface area contributed by atoms with E-state index >= 15 is 0 Å². The SMILES string of the molecule is C#CCCCC(=O)N(CC#N)S(=O)(=O)CCCCCNC(=O)c1cccc(-n2c(Sc3ncc([N+](=O)[O-])s3)n[nH]c2=O)c1. The smallest absolute Gasteiger partial charge is 0.348 e. The lowest BCUT2D eigenvalue weighted by atomic mass is 10.2. The zero-order chi connectivity index (χ0) is 31.4. The van der Waals surface area contributed by atoms with Gasteiger partial charge >= 0.3 is 10.7 Å². The van der Waals surface area contributed by atoms with Crippen LogP contribution in [0.25, 0.3) is 5.69 Å². The van der Waals surface area contributed by atoms with E-state index in [4.69, 9.17) is 11.7 Å². The number of H-pyrrole nitrogens is 1. The Bertz CT molecular complexity index is 1720. The third-order valence-corrected chi connectivity index (χ3v) is 9.53. The van der Waals surface area contributed by atoms with Crippen molar-refractivity contribution in [3.8, 4) is 24.1 Å². The predicted octanol–water partition coefficient (Wildman–Crippen LogP) is 2.46. The van der Waals surface area contributed by atoms with Gasteiger partial charge < -0.3 is 5.32 Å². The van der Waals surface area contributed by atoms with Crippen molar-refractivity contribution < 1.29 is 22.9 Å². The number of nitro groups is 1. The number of nitriles is 1. The molecule has 1 aromatic carbocycles. The van der Waals surface area contributed by atoms with Crippen molar-refractivity contribution in [2.24, 2.45) is 0 Å². The third kappa shape index (κ3) is 9.23. The molecule has 2 heterocycles. The van der Waals surface area contributed by atoms with Gasteiger partial charge in [-0.05, 0) is 60.6 Å². The maximum absolute atomic E-state index is 12.7. The van der Waals surface area contributed by atoms with Gasteiger partial charge in [0, 0.05) is 24.9 Å². The first kappa shape index (κ1) is 33.0. The summed E-state index contributed by atoms with van der Waals surface area (Å²) in [5.74, 6) is 0.970. The van der Waals surface area contributed by atoms with Crippen LogP contribution >= 0.6 is 23.1 Å². The molecule has 0 aliphatic heterocycles. The van der Waals surface area contributed by atoms with Gasteiger partial charge in [0.1, 0.15) is 12.7 Å². The molecule has 2 N–H and O–H groups in total. The fourth-order valence-electron chi connectivity index (χ4n) is 3.70. The number of carbonyl (C=O) groups excluding carboxylic acids is 2. The van der Waals surface area contributed by atoms with Crippen LogP contribution in [-0.2, 0) is 14.8 Å². The predicted molar refractivity (Wildman–Crippen MR) is 157 cm³/mol. The molecule has 0 aliphatic carbocycles. The number of amides is 2. The molecule has 0 saturated heterocycles. The van der Waals surface area contributed by atoms with E-state index < -0.39 is 39.0 Å². The summed E-state index contributed by atoms with van der Waals surface area (Å²) in [5, 5.41) is 28.9. The second-order valence-corrected chi connectivity index (χ2v) is 13.0. The summed E-state index contributed by atoms with van der Waals surface area (Å²) < 4.78 is 27.3. The standard InChI is InChI=1S/C25H26N8O7S3/c1-2-3-5-11-20(34)31(14-12-26)43(39,40)15-7-4-6-13-27-22(35)18-9-8-10-19(16-18)32-23(36)29-30-24(32)42-25-28-17-21(41-25)33(37)38/h1,8-10,16-17H,3-7,11,13-15H2,(H,27,35)(H,29,36). The van der Waals surface area contributed by atoms with Crippen molar-refractivity contribution in [1.82, 2.24) is 29.4 Å². The van der Waals surface area contributed by atoms with E-state index in [-0.39, 0.29) is 40.9 Å². The van der Waals surface area contributed by atoms with Crippen molar-refractivity contribution in [1.29, 1.82) is 5.26 Å². The summed E-state index contributed by atoms with van der Waals surface area (Å²) in [4.78, 5) is 51.8. The van der Waals surface area contributed by atoms with Crippen LogP contribution in [0.2, 0.25) is 0 Å². The normalized spacial score (nSPS) is 10.9. The number of carbonyl (C=O) groups is 2. The molecule has 2 aromatic heterocycles. The number of aromatic nitrogens is 4. The van der Waals surface area contributed by atoms with Crippen LogP contribution in [0.1, 0.15) is 48.9 Å². The van der Waals surface area contributed by atoms with Gasteiger partial charge in [0.05, 0.1) is 22.4 Å². The van der Waals surface area contributed by atoms with Crippen LogP contribution in [0.15, 0.2) is 44.8 Å². The highest BCUT2D eigenvalue weighted by Crippen LogP contribution is 2.33. The zero-order valence-electron chi connectivity index (χ0n) is 22.6. The van der Waals surface area contributed by atoms with Crippen molar-refractivity contribution in [2.75, 3.05) is 18.8 Å². The van der Waals surface area contributed by atoms with Crippen LogP contribution in [0, 0.1) is 33.8 Å². The van der Waals surface area contributed by atoms with Gasteiger partial charge in [0.15, 0.2) is 4.34 Å². The van der Waals surface area contributed by atoms with Gasteiger partial charge in [-0.3, -0.25) is 19.7 Å². The first-order chi connectivity index (χ1) is 20.6. The highest BCUT2D eigenvalue weighted by molar-refractivity contribution is 8.01. The van der Waals surface area contributed by atoms with Gasteiger partial charge in [0.25, 0.3) is 5.91 Å². The van der Waals surface area contributed by atoms with Gasteiger partial charge in [-0.15, -0.1) is 17.4 Å². The van der Waals surface area contributed by atoms with Crippen LogP contribution in [0.5, 0.6) is 0 Å². The number of sulfonamides is 1. The molecule has 3 rings (SSSR count). The van der Waals surface area contributed by atoms with Gasteiger partial charge in [-0.2, -0.15) is 5.26 Å². The maximum Gasteiger partial charge on any atom is 0.348 e. The number of unbranched alkanes of at least 4 members (excludes halogenated alkanes) is 3. The number of hydrogen-bond donors (Lipinski definition) is 2. The molecular formula is C25H26N8O7S3. The second kappa shape index (κ2) is 15.6. The zero-order valence-corrected chi connectivity index (χ0v) is 25.0. The van der Waals surface area contributed by atoms with Crippen LogP contribution < -0.4 is 11.0 Å². The number of aromatic amines is 1. The fourth-order valence-corrected chi connectivity index (χ4v) is 6.89. The topological polar surface area (TPSA) is 214 Å². The quantitative estimate of drug-likeness (QED) is 0.0758. The molecule has 15 nitrogen and oxygen atoms in total. The Labute approximate surface area is 254 Å². The summed E-state index contributed by atoms with van der Waals surface area (Å²) in [5.41, 5.74) is 0.00843.